The van der Waals surface area contributed by atoms with Gasteiger partial charge in [-0.05, 0) is 26.2 Å². The minimum Gasteiger partial charge on any atom is -0.338 e. The van der Waals surface area contributed by atoms with Gasteiger partial charge in [-0.2, -0.15) is 0 Å². The van der Waals surface area contributed by atoms with E-state index in [0.29, 0.717) is 19.4 Å². The molecule has 0 bridgehead atoms. The molecule has 0 aliphatic heterocycles. The highest BCUT2D eigenvalue weighted by molar-refractivity contribution is 5.73. The molecule has 0 aromatic rings. The Morgan fingerprint density at radius 1 is 1.50 bits per heavy atom. The lowest BCUT2D eigenvalue weighted by atomic mass is 9.82. The van der Waals surface area contributed by atoms with Crippen molar-refractivity contribution < 1.29 is 9.18 Å². The third-order valence-electron chi connectivity index (χ3n) is 2.15. The largest absolute Gasteiger partial charge is 0.338 e. The fourth-order valence-electron chi connectivity index (χ4n) is 1.20. The summed E-state index contributed by atoms with van der Waals surface area (Å²) in [6.07, 6.45) is 2.10. The van der Waals surface area contributed by atoms with Gasteiger partial charge < -0.3 is 10.6 Å². The third-order valence-corrected chi connectivity index (χ3v) is 2.15. The summed E-state index contributed by atoms with van der Waals surface area (Å²) in [5, 5.41) is 5.05. The van der Waals surface area contributed by atoms with Gasteiger partial charge in [-0.3, -0.25) is 0 Å². The van der Waals surface area contributed by atoms with Crippen LogP contribution in [0.25, 0.3) is 0 Å². The zero-order valence-electron chi connectivity index (χ0n) is 7.32. The molecule has 1 saturated carbocycles. The first-order valence-corrected chi connectivity index (χ1v) is 4.37. The van der Waals surface area contributed by atoms with Crippen LogP contribution >= 0.6 is 0 Å². The lowest BCUT2D eigenvalue weighted by Gasteiger charge is -2.33. The fraction of sp³-hybridized carbons (Fsp3) is 0.875. The second-order valence-corrected chi connectivity index (χ2v) is 3.22. The molecule has 0 heterocycles. The third kappa shape index (κ3) is 2.36. The number of hydrogen-bond donors (Lipinski definition) is 2. The first-order valence-electron chi connectivity index (χ1n) is 4.37. The zero-order chi connectivity index (χ0) is 9.03. The van der Waals surface area contributed by atoms with Crippen molar-refractivity contribution in [2.75, 3.05) is 13.1 Å². The molecule has 1 fully saturated rings. The van der Waals surface area contributed by atoms with Gasteiger partial charge in [-0.1, -0.05) is 0 Å². The number of hydrogen-bond acceptors (Lipinski definition) is 1. The number of rotatable bonds is 3. The predicted octanol–water partition coefficient (Wildman–Crippen LogP) is 1.20. The summed E-state index contributed by atoms with van der Waals surface area (Å²) in [5.41, 5.74) is -1.12. The van der Waals surface area contributed by atoms with Crippen LogP contribution < -0.4 is 10.6 Å². The van der Waals surface area contributed by atoms with Crippen molar-refractivity contribution in [3.63, 3.8) is 0 Å². The summed E-state index contributed by atoms with van der Waals surface area (Å²) in [5.74, 6) is 0. The molecule has 1 aliphatic rings. The van der Waals surface area contributed by atoms with Crippen molar-refractivity contribution in [3.8, 4) is 0 Å². The zero-order valence-corrected chi connectivity index (χ0v) is 7.32. The van der Waals surface area contributed by atoms with Crippen LogP contribution in [0.2, 0.25) is 0 Å². The molecule has 2 N–H and O–H groups in total. The van der Waals surface area contributed by atoms with Gasteiger partial charge in [0.25, 0.3) is 0 Å². The Bertz CT molecular complexity index is 168. The Labute approximate surface area is 71.7 Å². The van der Waals surface area contributed by atoms with Crippen LogP contribution in [0.5, 0.6) is 0 Å². The second kappa shape index (κ2) is 3.74. The van der Waals surface area contributed by atoms with Gasteiger partial charge in [-0.15, -0.1) is 0 Å². The topological polar surface area (TPSA) is 41.1 Å². The lowest BCUT2D eigenvalue weighted by Crippen LogP contribution is -2.47. The first kappa shape index (κ1) is 9.29. The van der Waals surface area contributed by atoms with E-state index in [2.05, 4.69) is 10.6 Å². The standard InChI is InChI=1S/C8H15FN2O/c1-2-10-7(12)11-6-8(9)4-3-5-8/h2-6H2,1H3,(H2,10,11,12). The summed E-state index contributed by atoms with van der Waals surface area (Å²) in [6, 6.07) is -0.276. The molecule has 3 nitrogen and oxygen atoms in total. The van der Waals surface area contributed by atoms with Crippen LogP contribution in [0, 0.1) is 0 Å². The SMILES string of the molecule is CCNC(=O)NCC1(F)CCC1. The lowest BCUT2D eigenvalue weighted by molar-refractivity contribution is 0.0658. The Hall–Kier alpha value is -0.800. The van der Waals surface area contributed by atoms with Crippen molar-refractivity contribution in [3.05, 3.63) is 0 Å². The van der Waals surface area contributed by atoms with Crippen LogP contribution in [-0.4, -0.2) is 24.8 Å². The first-order chi connectivity index (χ1) is 5.66. The summed E-state index contributed by atoms with van der Waals surface area (Å²) in [6.45, 7) is 2.55. The van der Waals surface area contributed by atoms with E-state index in [1.54, 1.807) is 0 Å². The highest BCUT2D eigenvalue weighted by Gasteiger charge is 2.36. The number of urea groups is 1. The number of alkyl halides is 1. The van der Waals surface area contributed by atoms with Crippen molar-refractivity contribution >= 4 is 6.03 Å². The molecule has 0 spiro atoms. The summed E-state index contributed by atoms with van der Waals surface area (Å²) >= 11 is 0. The Morgan fingerprint density at radius 3 is 2.58 bits per heavy atom. The van der Waals surface area contributed by atoms with Gasteiger partial charge in [0.2, 0.25) is 0 Å². The molecule has 0 aromatic heterocycles. The molecule has 1 rings (SSSR count). The Balaban J connectivity index is 2.12. The van der Waals surface area contributed by atoms with Crippen molar-refractivity contribution in [2.24, 2.45) is 0 Å². The molecule has 0 aromatic carbocycles. The van der Waals surface area contributed by atoms with Crippen LogP contribution in [0.3, 0.4) is 0 Å². The van der Waals surface area contributed by atoms with Gasteiger partial charge >= 0.3 is 6.03 Å². The second-order valence-electron chi connectivity index (χ2n) is 3.22. The normalized spacial score (nSPS) is 19.5. The maximum Gasteiger partial charge on any atom is 0.314 e. The van der Waals surface area contributed by atoms with Crippen LogP contribution in [0.15, 0.2) is 0 Å². The van der Waals surface area contributed by atoms with Gasteiger partial charge in [-0.25, -0.2) is 9.18 Å². The van der Waals surface area contributed by atoms with E-state index in [-0.39, 0.29) is 12.6 Å². The monoisotopic (exact) mass is 174 g/mol. The highest BCUT2D eigenvalue weighted by atomic mass is 19.1. The molecule has 0 unspecified atom stereocenters. The van der Waals surface area contributed by atoms with E-state index in [9.17, 15) is 9.18 Å². The number of amides is 2. The Kier molecular flexibility index (Phi) is 2.89. The summed E-state index contributed by atoms with van der Waals surface area (Å²) < 4.78 is 13.3. The van der Waals surface area contributed by atoms with Crippen molar-refractivity contribution in [2.45, 2.75) is 31.9 Å². The molecule has 0 saturated heterocycles. The molecule has 70 valence electrons. The number of halogens is 1. The molecule has 2 amide bonds. The Morgan fingerprint density at radius 2 is 2.17 bits per heavy atom. The van der Waals surface area contributed by atoms with Crippen LogP contribution in [-0.2, 0) is 0 Å². The fourth-order valence-corrected chi connectivity index (χ4v) is 1.20. The average molecular weight is 174 g/mol. The quantitative estimate of drug-likeness (QED) is 0.663. The summed E-state index contributed by atoms with van der Waals surface area (Å²) in [4.78, 5) is 10.8. The van der Waals surface area contributed by atoms with Crippen molar-refractivity contribution in [1.82, 2.24) is 10.6 Å². The van der Waals surface area contributed by atoms with Gasteiger partial charge in [0.05, 0.1) is 6.54 Å². The minimum atomic E-state index is -1.12. The predicted molar refractivity (Wildman–Crippen MR) is 44.8 cm³/mol. The highest BCUT2D eigenvalue weighted by Crippen LogP contribution is 2.34. The van der Waals surface area contributed by atoms with E-state index in [0.717, 1.165) is 6.42 Å². The maximum absolute atomic E-state index is 13.3. The molecule has 1 aliphatic carbocycles. The molecular formula is C8H15FN2O. The average Bonchev–Trinajstić information content (AvgIpc) is 1.98. The van der Waals surface area contributed by atoms with Gasteiger partial charge in [0.15, 0.2) is 0 Å². The van der Waals surface area contributed by atoms with E-state index in [1.807, 2.05) is 6.92 Å². The van der Waals surface area contributed by atoms with Crippen molar-refractivity contribution in [1.29, 1.82) is 0 Å². The molecular weight excluding hydrogens is 159 g/mol. The van der Waals surface area contributed by atoms with Gasteiger partial charge in [0, 0.05) is 6.54 Å². The smallest absolute Gasteiger partial charge is 0.314 e. The van der Waals surface area contributed by atoms with Gasteiger partial charge in [0.1, 0.15) is 5.67 Å². The number of carbonyl (C=O) groups is 1. The van der Waals surface area contributed by atoms with E-state index in [4.69, 9.17) is 0 Å². The summed E-state index contributed by atoms with van der Waals surface area (Å²) in [7, 11) is 0. The number of carbonyl (C=O) groups excluding carboxylic acids is 1. The van der Waals surface area contributed by atoms with E-state index < -0.39 is 5.67 Å². The molecule has 12 heavy (non-hydrogen) atoms. The maximum atomic E-state index is 13.3. The van der Waals surface area contributed by atoms with Crippen LogP contribution in [0.1, 0.15) is 26.2 Å². The van der Waals surface area contributed by atoms with Crippen LogP contribution in [0.4, 0.5) is 9.18 Å². The molecule has 4 heteroatoms. The number of nitrogens with one attached hydrogen (secondary N) is 2. The van der Waals surface area contributed by atoms with E-state index in [1.165, 1.54) is 0 Å². The van der Waals surface area contributed by atoms with E-state index >= 15 is 0 Å². The molecule has 0 atom stereocenters. The molecule has 0 radical (unpaired) electrons. The minimum absolute atomic E-state index is 0.152.